The molecule has 1 saturated heterocycles. The summed E-state index contributed by atoms with van der Waals surface area (Å²) in [5, 5.41) is 20.6. The van der Waals surface area contributed by atoms with E-state index in [4.69, 9.17) is 4.74 Å². The highest BCUT2D eigenvalue weighted by atomic mass is 32.2. The third kappa shape index (κ3) is 5.85. The summed E-state index contributed by atoms with van der Waals surface area (Å²) in [6, 6.07) is 8.58. The molecule has 1 fully saturated rings. The summed E-state index contributed by atoms with van der Waals surface area (Å²) in [7, 11) is -1.06. The van der Waals surface area contributed by atoms with Gasteiger partial charge in [0, 0.05) is 51.2 Å². The number of ether oxygens (including phenoxy) is 1. The van der Waals surface area contributed by atoms with Crippen LogP contribution in [-0.2, 0) is 34.8 Å². The van der Waals surface area contributed by atoms with Crippen molar-refractivity contribution in [2.45, 2.75) is 36.1 Å². The van der Waals surface area contributed by atoms with Gasteiger partial charge in [-0.2, -0.15) is 9.57 Å². The highest BCUT2D eigenvalue weighted by molar-refractivity contribution is 7.91. The Morgan fingerprint density at radius 3 is 2.67 bits per heavy atom. The number of rotatable bonds is 8. The van der Waals surface area contributed by atoms with E-state index in [1.165, 1.54) is 22.4 Å². The minimum Gasteiger partial charge on any atom is -0.465 e. The number of likely N-dealkylation sites (tertiary alicyclic amines) is 1. The maximum Gasteiger partial charge on any atom is 0.407 e. The molecule has 1 N–H and O–H groups in total. The highest BCUT2D eigenvalue weighted by Gasteiger charge is 2.40. The number of hydrogen-bond donors (Lipinski definition) is 1. The predicted molar refractivity (Wildman–Crippen MR) is 155 cm³/mol. The Labute approximate surface area is 248 Å². The predicted octanol–water partition coefficient (Wildman–Crippen LogP) is 3.15. The zero-order valence-corrected chi connectivity index (χ0v) is 25.0. The number of fused-ring (bicyclic) bond motifs is 1. The number of hydrogen-bond acceptors (Lipinski definition) is 9. The number of carboxylic acid groups (broad SMARTS) is 1. The van der Waals surface area contributed by atoms with Gasteiger partial charge in [-0.05, 0) is 60.4 Å². The first-order valence-electron chi connectivity index (χ1n) is 13.5. The molecule has 0 saturated carbocycles. The molecule has 3 aromatic rings. The number of benzene rings is 1. The Kier molecular flexibility index (Phi) is 8.53. The second-order valence-electron chi connectivity index (χ2n) is 10.6. The molecular weight excluding hydrogens is 580 g/mol. The van der Waals surface area contributed by atoms with Crippen molar-refractivity contribution in [3.8, 4) is 6.07 Å². The molecule has 0 aliphatic carbocycles. The van der Waals surface area contributed by atoms with Crippen molar-refractivity contribution >= 4 is 39.1 Å². The van der Waals surface area contributed by atoms with Crippen molar-refractivity contribution < 1.29 is 27.9 Å². The number of nitriles is 1. The average Bonchev–Trinajstić information content (AvgIpc) is 3.65. The zero-order chi connectivity index (χ0) is 30.0. The molecule has 12 nitrogen and oxygen atoms in total. The molecule has 0 radical (unpaired) electrons. The van der Waals surface area contributed by atoms with E-state index >= 15 is 0 Å². The number of esters is 1. The van der Waals surface area contributed by atoms with Gasteiger partial charge in [0.1, 0.15) is 4.21 Å². The fourth-order valence-electron chi connectivity index (χ4n) is 5.74. The second-order valence-corrected chi connectivity index (χ2v) is 13.6. The van der Waals surface area contributed by atoms with Crippen molar-refractivity contribution in [1.29, 1.82) is 5.26 Å². The van der Waals surface area contributed by atoms with Crippen LogP contribution in [0.3, 0.4) is 0 Å². The number of carbonyl (C=O) groups is 2. The SMILES string of the molecule is COC(=O)c1ccsc1S(=O)(=O)N(CC1CCN(C(=O)O)CC1)C1Cc2cc(C#N)ccc2N(Cc2cncn2C)C1. The standard InChI is InChI=1S/C28H32N6O6S2/c1-31-18-30-14-23(31)17-33-16-22(12-21-11-20(13-29)3-4-25(21)33)34(15-19-5-8-32(9-6-19)28(36)37)42(38,39)27-24(7-10-41-27)26(35)40-2/h3-4,7,10-11,14,18-19,22H,5-6,8-9,12,15-17H2,1-2H3,(H,36,37). The Bertz CT molecular complexity index is 1620. The van der Waals surface area contributed by atoms with Crippen LogP contribution in [0.25, 0.3) is 0 Å². The molecular formula is C28H32N6O6S2. The smallest absolute Gasteiger partial charge is 0.407 e. The van der Waals surface area contributed by atoms with Crippen LogP contribution >= 0.6 is 11.3 Å². The van der Waals surface area contributed by atoms with E-state index in [9.17, 15) is 28.4 Å². The van der Waals surface area contributed by atoms with E-state index in [1.807, 2.05) is 17.7 Å². The normalized spacial score (nSPS) is 17.6. The van der Waals surface area contributed by atoms with Crippen LogP contribution in [0.1, 0.15) is 40.0 Å². The first-order valence-corrected chi connectivity index (χ1v) is 15.8. The van der Waals surface area contributed by atoms with Crippen molar-refractivity contribution in [2.24, 2.45) is 13.0 Å². The maximum atomic E-state index is 14.4. The van der Waals surface area contributed by atoms with Crippen LogP contribution in [-0.4, -0.2) is 83.7 Å². The number of amides is 1. The number of piperidine rings is 1. The van der Waals surface area contributed by atoms with Crippen LogP contribution in [0.15, 0.2) is 46.4 Å². The first kappa shape index (κ1) is 29.6. The Hall–Kier alpha value is -3.93. The lowest BCUT2D eigenvalue weighted by Crippen LogP contribution is -2.53. The monoisotopic (exact) mass is 612 g/mol. The average molecular weight is 613 g/mol. The second kappa shape index (κ2) is 12.1. The number of methoxy groups -OCH3 is 1. The minimum absolute atomic E-state index is 0.0112. The minimum atomic E-state index is -4.17. The van der Waals surface area contributed by atoms with Crippen molar-refractivity contribution in [1.82, 2.24) is 18.8 Å². The van der Waals surface area contributed by atoms with E-state index in [-0.39, 0.29) is 22.2 Å². The van der Waals surface area contributed by atoms with Crippen molar-refractivity contribution in [3.05, 3.63) is 64.6 Å². The lowest BCUT2D eigenvalue weighted by atomic mass is 9.93. The van der Waals surface area contributed by atoms with Gasteiger partial charge in [0.2, 0.25) is 0 Å². The summed E-state index contributed by atoms with van der Waals surface area (Å²) in [5.41, 5.74) is 3.18. The quantitative estimate of drug-likeness (QED) is 0.379. The van der Waals surface area contributed by atoms with E-state index in [2.05, 4.69) is 16.0 Å². The Balaban J connectivity index is 1.54. The van der Waals surface area contributed by atoms with Gasteiger partial charge in [0.05, 0.1) is 42.9 Å². The van der Waals surface area contributed by atoms with Gasteiger partial charge in [0.15, 0.2) is 0 Å². The lowest BCUT2D eigenvalue weighted by molar-refractivity contribution is 0.0597. The molecule has 4 heterocycles. The van der Waals surface area contributed by atoms with Crippen LogP contribution < -0.4 is 4.90 Å². The van der Waals surface area contributed by atoms with Crippen LogP contribution in [0, 0.1) is 17.2 Å². The fraction of sp³-hybridized carbons (Fsp3) is 0.429. The number of imidazole rings is 1. The molecule has 2 aliphatic rings. The first-order chi connectivity index (χ1) is 20.1. The number of nitrogens with zero attached hydrogens (tertiary/aromatic N) is 6. The molecule has 1 amide bonds. The zero-order valence-electron chi connectivity index (χ0n) is 23.3. The largest absolute Gasteiger partial charge is 0.465 e. The van der Waals surface area contributed by atoms with E-state index < -0.39 is 28.1 Å². The van der Waals surface area contributed by atoms with Gasteiger partial charge in [-0.25, -0.2) is 23.0 Å². The highest BCUT2D eigenvalue weighted by Crippen LogP contribution is 2.36. The Morgan fingerprint density at radius 1 is 1.26 bits per heavy atom. The summed E-state index contributed by atoms with van der Waals surface area (Å²) in [4.78, 5) is 31.7. The van der Waals surface area contributed by atoms with Gasteiger partial charge in [-0.15, -0.1) is 11.3 Å². The summed E-state index contributed by atoms with van der Waals surface area (Å²) in [6.07, 6.45) is 3.91. The van der Waals surface area contributed by atoms with Crippen molar-refractivity contribution in [2.75, 3.05) is 38.2 Å². The number of sulfonamides is 1. The molecule has 0 bridgehead atoms. The fourth-order valence-corrected chi connectivity index (χ4v) is 8.87. The molecule has 1 aromatic carbocycles. The number of carbonyl (C=O) groups excluding carboxylic acids is 1. The third-order valence-corrected chi connectivity index (χ3v) is 11.4. The topological polar surface area (TPSA) is 149 Å². The van der Waals surface area contributed by atoms with Crippen LogP contribution in [0.4, 0.5) is 10.5 Å². The molecule has 1 atom stereocenters. The number of anilines is 1. The summed E-state index contributed by atoms with van der Waals surface area (Å²) >= 11 is 0.972. The molecule has 5 rings (SSSR count). The third-order valence-electron chi connectivity index (χ3n) is 8.01. The number of aromatic nitrogens is 2. The number of aryl methyl sites for hydroxylation is 1. The van der Waals surface area contributed by atoms with Crippen LogP contribution in [0.2, 0.25) is 0 Å². The van der Waals surface area contributed by atoms with Crippen molar-refractivity contribution in [3.63, 3.8) is 0 Å². The Morgan fingerprint density at radius 2 is 2.02 bits per heavy atom. The molecule has 14 heteroatoms. The van der Waals surface area contributed by atoms with Crippen LogP contribution in [0.5, 0.6) is 0 Å². The van der Waals surface area contributed by atoms with E-state index in [0.717, 1.165) is 28.3 Å². The maximum absolute atomic E-state index is 14.4. The molecule has 2 aliphatic heterocycles. The van der Waals surface area contributed by atoms with Gasteiger partial charge in [-0.3, -0.25) is 0 Å². The van der Waals surface area contributed by atoms with E-state index in [1.54, 1.807) is 30.0 Å². The molecule has 1 unspecified atom stereocenters. The molecule has 222 valence electrons. The van der Waals surface area contributed by atoms with Gasteiger partial charge >= 0.3 is 12.1 Å². The molecule has 2 aromatic heterocycles. The lowest BCUT2D eigenvalue weighted by Gasteiger charge is -2.42. The van der Waals surface area contributed by atoms with Gasteiger partial charge in [0.25, 0.3) is 10.0 Å². The summed E-state index contributed by atoms with van der Waals surface area (Å²) in [6.45, 7) is 1.67. The van der Waals surface area contributed by atoms with Gasteiger partial charge in [-0.1, -0.05) is 0 Å². The van der Waals surface area contributed by atoms with E-state index in [0.29, 0.717) is 51.0 Å². The molecule has 0 spiro atoms. The summed E-state index contributed by atoms with van der Waals surface area (Å²) in [5.74, 6) is -0.802. The molecule has 42 heavy (non-hydrogen) atoms. The van der Waals surface area contributed by atoms with Gasteiger partial charge < -0.3 is 24.2 Å². The summed E-state index contributed by atoms with van der Waals surface area (Å²) < 4.78 is 37.1. The number of thiophene rings is 1.